The Morgan fingerprint density at radius 1 is 1.23 bits per heavy atom. The number of nitrogens with zero attached hydrogens (tertiary/aromatic N) is 6. The van der Waals surface area contributed by atoms with Crippen LogP contribution in [-0.4, -0.2) is 24.5 Å². The minimum absolute atomic E-state index is 0.182. The van der Waals surface area contributed by atoms with Crippen LogP contribution in [0.15, 0.2) is 24.5 Å². The summed E-state index contributed by atoms with van der Waals surface area (Å²) in [6.45, 7) is 6.28. The summed E-state index contributed by atoms with van der Waals surface area (Å²) < 4.78 is 2.20. The van der Waals surface area contributed by atoms with Gasteiger partial charge in [0.2, 0.25) is 5.82 Å². The molecule has 0 saturated heterocycles. The van der Waals surface area contributed by atoms with Crippen LogP contribution in [0.4, 0.5) is 0 Å². The van der Waals surface area contributed by atoms with Crippen LogP contribution in [0.3, 0.4) is 0 Å². The third-order valence-corrected chi connectivity index (χ3v) is 3.50. The van der Waals surface area contributed by atoms with Crippen molar-refractivity contribution in [3.63, 3.8) is 0 Å². The van der Waals surface area contributed by atoms with Crippen molar-refractivity contribution in [2.75, 3.05) is 0 Å². The standard InChI is InChI=1S/C16H16N6/c1-10(2)22-11(3)20-14-9-19-13(7-15(14)22)6-12-4-5-18-16(8-17)21-12/h4-5,7,9-10H,6H2,1-3H3. The largest absolute Gasteiger partial charge is 0.326 e. The molecule has 0 radical (unpaired) electrons. The van der Waals surface area contributed by atoms with Gasteiger partial charge in [0.15, 0.2) is 0 Å². The maximum atomic E-state index is 8.87. The SMILES string of the molecule is Cc1nc2cnc(Cc3ccnc(C#N)n3)cc2n1C(C)C. The number of hydrogen-bond acceptors (Lipinski definition) is 5. The maximum Gasteiger partial charge on any atom is 0.232 e. The van der Waals surface area contributed by atoms with Crippen LogP contribution in [0.2, 0.25) is 0 Å². The third kappa shape index (κ3) is 2.53. The van der Waals surface area contributed by atoms with Crippen molar-refractivity contribution < 1.29 is 0 Å². The van der Waals surface area contributed by atoms with E-state index in [-0.39, 0.29) is 5.82 Å². The molecule has 0 fully saturated rings. The van der Waals surface area contributed by atoms with Gasteiger partial charge in [0.25, 0.3) is 0 Å². The van der Waals surface area contributed by atoms with Gasteiger partial charge in [-0.15, -0.1) is 0 Å². The molecule has 0 unspecified atom stereocenters. The first kappa shape index (κ1) is 14.1. The Morgan fingerprint density at radius 3 is 2.77 bits per heavy atom. The highest BCUT2D eigenvalue weighted by Gasteiger charge is 2.12. The van der Waals surface area contributed by atoms with Crippen molar-refractivity contribution in [3.05, 3.63) is 47.6 Å². The molecule has 0 spiro atoms. The molecular formula is C16H16N6. The lowest BCUT2D eigenvalue weighted by Crippen LogP contribution is -2.03. The Morgan fingerprint density at radius 2 is 2.05 bits per heavy atom. The third-order valence-electron chi connectivity index (χ3n) is 3.50. The van der Waals surface area contributed by atoms with Gasteiger partial charge in [-0.1, -0.05) is 0 Å². The van der Waals surface area contributed by atoms with E-state index < -0.39 is 0 Å². The number of pyridine rings is 1. The van der Waals surface area contributed by atoms with Gasteiger partial charge in [-0.2, -0.15) is 5.26 Å². The first-order valence-corrected chi connectivity index (χ1v) is 7.14. The molecule has 0 amide bonds. The van der Waals surface area contributed by atoms with Crippen LogP contribution in [-0.2, 0) is 6.42 Å². The van der Waals surface area contributed by atoms with E-state index in [0.717, 1.165) is 28.2 Å². The summed E-state index contributed by atoms with van der Waals surface area (Å²) >= 11 is 0. The summed E-state index contributed by atoms with van der Waals surface area (Å²) in [5.41, 5.74) is 3.66. The van der Waals surface area contributed by atoms with Crippen molar-refractivity contribution in [1.29, 1.82) is 5.26 Å². The zero-order valence-electron chi connectivity index (χ0n) is 12.8. The monoisotopic (exact) mass is 292 g/mol. The first-order valence-electron chi connectivity index (χ1n) is 7.14. The fourth-order valence-corrected chi connectivity index (χ4v) is 2.64. The van der Waals surface area contributed by atoms with Crippen molar-refractivity contribution in [3.8, 4) is 6.07 Å². The lowest BCUT2D eigenvalue weighted by atomic mass is 10.2. The molecule has 6 heteroatoms. The molecule has 0 saturated carbocycles. The van der Waals surface area contributed by atoms with Crippen LogP contribution in [0.1, 0.15) is 42.9 Å². The summed E-state index contributed by atoms with van der Waals surface area (Å²) in [5.74, 6) is 1.17. The molecule has 0 aliphatic carbocycles. The molecule has 0 bridgehead atoms. The van der Waals surface area contributed by atoms with Crippen LogP contribution >= 0.6 is 0 Å². The van der Waals surface area contributed by atoms with Gasteiger partial charge in [-0.05, 0) is 32.9 Å². The highest BCUT2D eigenvalue weighted by molar-refractivity contribution is 5.75. The molecule has 3 aromatic heterocycles. The quantitative estimate of drug-likeness (QED) is 0.741. The minimum Gasteiger partial charge on any atom is -0.326 e. The van der Waals surface area contributed by atoms with Gasteiger partial charge in [-0.3, -0.25) is 4.98 Å². The topological polar surface area (TPSA) is 80.3 Å². The second kappa shape index (κ2) is 5.53. The van der Waals surface area contributed by atoms with Crippen LogP contribution in [0.5, 0.6) is 0 Å². The number of aromatic nitrogens is 5. The highest BCUT2D eigenvalue weighted by Crippen LogP contribution is 2.21. The Bertz CT molecular complexity index is 872. The van der Waals surface area contributed by atoms with E-state index in [1.54, 1.807) is 18.5 Å². The fourth-order valence-electron chi connectivity index (χ4n) is 2.64. The van der Waals surface area contributed by atoms with Gasteiger partial charge >= 0.3 is 0 Å². The second-order valence-electron chi connectivity index (χ2n) is 5.45. The average molecular weight is 292 g/mol. The van der Waals surface area contributed by atoms with Crippen LogP contribution < -0.4 is 0 Å². The summed E-state index contributed by atoms with van der Waals surface area (Å²) in [4.78, 5) is 17.1. The predicted molar refractivity (Wildman–Crippen MR) is 82.2 cm³/mol. The van der Waals surface area contributed by atoms with E-state index in [4.69, 9.17) is 5.26 Å². The van der Waals surface area contributed by atoms with Crippen molar-refractivity contribution in [1.82, 2.24) is 24.5 Å². The molecule has 3 rings (SSSR count). The van der Waals surface area contributed by atoms with Gasteiger partial charge < -0.3 is 4.57 Å². The first-order chi connectivity index (χ1) is 10.6. The zero-order chi connectivity index (χ0) is 15.7. The normalized spacial score (nSPS) is 11.0. The van der Waals surface area contributed by atoms with E-state index in [9.17, 15) is 0 Å². The Labute approximate surface area is 128 Å². The fraction of sp³-hybridized carbons (Fsp3) is 0.312. The molecule has 0 N–H and O–H groups in total. The Kier molecular flexibility index (Phi) is 3.55. The average Bonchev–Trinajstić information content (AvgIpc) is 2.82. The maximum absolute atomic E-state index is 8.87. The molecule has 0 aliphatic heterocycles. The number of aryl methyl sites for hydroxylation is 1. The number of nitriles is 1. The molecular weight excluding hydrogens is 276 g/mol. The lowest BCUT2D eigenvalue weighted by Gasteiger charge is -2.11. The lowest BCUT2D eigenvalue weighted by molar-refractivity contribution is 0.600. The van der Waals surface area contributed by atoms with E-state index >= 15 is 0 Å². The Hall–Kier alpha value is -2.81. The summed E-state index contributed by atoms with van der Waals surface area (Å²) in [6, 6.07) is 6.14. The predicted octanol–water partition coefficient (Wildman–Crippen LogP) is 2.57. The van der Waals surface area contributed by atoms with Gasteiger partial charge in [-0.25, -0.2) is 15.0 Å². The highest BCUT2D eigenvalue weighted by atomic mass is 15.1. The number of imidazole rings is 1. The van der Waals surface area contributed by atoms with E-state index in [1.165, 1.54) is 0 Å². The Balaban J connectivity index is 2.01. The summed E-state index contributed by atoms with van der Waals surface area (Å²) in [6.07, 6.45) is 3.96. The van der Waals surface area contributed by atoms with Crippen molar-refractivity contribution in [2.24, 2.45) is 0 Å². The van der Waals surface area contributed by atoms with E-state index in [0.29, 0.717) is 12.5 Å². The summed E-state index contributed by atoms with van der Waals surface area (Å²) in [7, 11) is 0. The van der Waals surface area contributed by atoms with Gasteiger partial charge in [0.1, 0.15) is 17.4 Å². The number of rotatable bonds is 3. The van der Waals surface area contributed by atoms with Crippen molar-refractivity contribution in [2.45, 2.75) is 33.2 Å². The molecule has 0 atom stereocenters. The van der Waals surface area contributed by atoms with E-state index in [2.05, 4.69) is 38.4 Å². The molecule has 6 nitrogen and oxygen atoms in total. The molecule has 3 aromatic rings. The second-order valence-corrected chi connectivity index (χ2v) is 5.45. The molecule has 110 valence electrons. The minimum atomic E-state index is 0.182. The molecule has 0 aromatic carbocycles. The van der Waals surface area contributed by atoms with Crippen LogP contribution in [0.25, 0.3) is 11.0 Å². The van der Waals surface area contributed by atoms with E-state index in [1.807, 2.05) is 19.1 Å². The van der Waals surface area contributed by atoms with Crippen LogP contribution in [0, 0.1) is 18.3 Å². The molecule has 0 aliphatic rings. The van der Waals surface area contributed by atoms with Gasteiger partial charge in [0.05, 0.1) is 17.4 Å². The zero-order valence-corrected chi connectivity index (χ0v) is 12.8. The number of fused-ring (bicyclic) bond motifs is 1. The molecule has 3 heterocycles. The smallest absolute Gasteiger partial charge is 0.232 e. The number of hydrogen-bond donors (Lipinski definition) is 0. The summed E-state index contributed by atoms with van der Waals surface area (Å²) in [5, 5.41) is 8.87. The van der Waals surface area contributed by atoms with Gasteiger partial charge in [0, 0.05) is 24.4 Å². The molecule has 22 heavy (non-hydrogen) atoms. The van der Waals surface area contributed by atoms with Crippen molar-refractivity contribution >= 4 is 11.0 Å².